The van der Waals surface area contributed by atoms with Crippen molar-refractivity contribution in [2.75, 3.05) is 13.7 Å². The van der Waals surface area contributed by atoms with Crippen LogP contribution in [0.15, 0.2) is 29.3 Å². The highest BCUT2D eigenvalue weighted by Gasteiger charge is 2.02. The Kier molecular flexibility index (Phi) is 6.68. The zero-order valence-corrected chi connectivity index (χ0v) is 9.41. The summed E-state index contributed by atoms with van der Waals surface area (Å²) in [4.78, 5) is 4.00. The number of nitrogens with zero attached hydrogens (tertiary/aromatic N) is 1. The van der Waals surface area contributed by atoms with Crippen LogP contribution in [0.3, 0.4) is 0 Å². The maximum absolute atomic E-state index is 8.97. The zero-order chi connectivity index (χ0) is 11.0. The van der Waals surface area contributed by atoms with Gasteiger partial charge in [0.15, 0.2) is 0 Å². The Morgan fingerprint density at radius 2 is 1.86 bits per heavy atom. The maximum Gasteiger partial charge on any atom is 0.0854 e. The zero-order valence-electron chi connectivity index (χ0n) is 9.41. The Labute approximate surface area is 86.3 Å². The molecule has 0 atom stereocenters. The largest absolute Gasteiger partial charge is 0.390 e. The van der Waals surface area contributed by atoms with Crippen LogP contribution in [0.4, 0.5) is 0 Å². The molecule has 0 aliphatic heterocycles. The minimum Gasteiger partial charge on any atom is -0.390 e. The monoisotopic (exact) mass is 193 g/mol. The molecule has 0 heterocycles. The van der Waals surface area contributed by atoms with E-state index in [0.717, 1.165) is 16.8 Å². The highest BCUT2D eigenvalue weighted by molar-refractivity contribution is 6.02. The molecule has 0 bridgehead atoms. The van der Waals surface area contributed by atoms with E-state index in [-0.39, 0.29) is 6.61 Å². The van der Waals surface area contributed by atoms with E-state index in [0.29, 0.717) is 0 Å². The molecule has 0 aliphatic rings. The van der Waals surface area contributed by atoms with E-state index in [2.05, 4.69) is 4.99 Å². The summed E-state index contributed by atoms with van der Waals surface area (Å²) in [6.45, 7) is 6.01. The molecule has 0 saturated heterocycles. The second-order valence-corrected chi connectivity index (χ2v) is 2.64. The molecule has 0 saturated carbocycles. The van der Waals surface area contributed by atoms with Crippen LogP contribution in [0.25, 0.3) is 0 Å². The Balaban J connectivity index is 0.000000791. The minimum atomic E-state index is 0.00134. The van der Waals surface area contributed by atoms with Gasteiger partial charge < -0.3 is 5.11 Å². The number of hydrogen-bond donors (Lipinski definition) is 1. The lowest BCUT2D eigenvalue weighted by Crippen LogP contribution is -2.07. The summed E-state index contributed by atoms with van der Waals surface area (Å²) < 4.78 is 0. The third kappa shape index (κ3) is 3.30. The van der Waals surface area contributed by atoms with Gasteiger partial charge in [-0.1, -0.05) is 38.1 Å². The van der Waals surface area contributed by atoms with Crippen LogP contribution in [-0.2, 0) is 0 Å². The van der Waals surface area contributed by atoms with Gasteiger partial charge in [0.1, 0.15) is 0 Å². The van der Waals surface area contributed by atoms with Crippen LogP contribution in [0.5, 0.6) is 0 Å². The minimum absolute atomic E-state index is 0.00134. The molecule has 1 N–H and O–H groups in total. The fourth-order valence-electron chi connectivity index (χ4n) is 1.17. The van der Waals surface area contributed by atoms with Crippen molar-refractivity contribution in [3.63, 3.8) is 0 Å². The van der Waals surface area contributed by atoms with E-state index in [1.165, 1.54) is 0 Å². The maximum atomic E-state index is 8.97. The van der Waals surface area contributed by atoms with Crippen molar-refractivity contribution in [2.24, 2.45) is 4.99 Å². The molecule has 0 unspecified atom stereocenters. The van der Waals surface area contributed by atoms with Crippen molar-refractivity contribution in [1.29, 1.82) is 0 Å². The molecular weight excluding hydrogens is 174 g/mol. The quantitative estimate of drug-likeness (QED) is 0.719. The van der Waals surface area contributed by atoms with Crippen molar-refractivity contribution in [3.8, 4) is 0 Å². The van der Waals surface area contributed by atoms with Gasteiger partial charge in [0, 0.05) is 12.6 Å². The van der Waals surface area contributed by atoms with Gasteiger partial charge in [-0.2, -0.15) is 0 Å². The van der Waals surface area contributed by atoms with Gasteiger partial charge in [-0.05, 0) is 12.5 Å². The molecule has 2 heteroatoms. The van der Waals surface area contributed by atoms with Gasteiger partial charge in [-0.3, -0.25) is 4.99 Å². The molecule has 0 radical (unpaired) electrons. The fourth-order valence-corrected chi connectivity index (χ4v) is 1.17. The number of benzene rings is 1. The molecule has 1 rings (SSSR count). The van der Waals surface area contributed by atoms with Crippen molar-refractivity contribution in [1.82, 2.24) is 0 Å². The Morgan fingerprint density at radius 1 is 1.29 bits per heavy atom. The summed E-state index contributed by atoms with van der Waals surface area (Å²) in [7, 11) is 1.69. The summed E-state index contributed by atoms with van der Waals surface area (Å²) in [5.74, 6) is 0. The van der Waals surface area contributed by atoms with Crippen LogP contribution in [0.2, 0.25) is 0 Å². The molecule has 0 spiro atoms. The van der Waals surface area contributed by atoms with Gasteiger partial charge in [0.05, 0.1) is 12.3 Å². The van der Waals surface area contributed by atoms with Gasteiger partial charge >= 0.3 is 0 Å². The second-order valence-electron chi connectivity index (χ2n) is 2.64. The van der Waals surface area contributed by atoms with Gasteiger partial charge in [0.2, 0.25) is 0 Å². The first kappa shape index (κ1) is 12.8. The van der Waals surface area contributed by atoms with Crippen molar-refractivity contribution < 1.29 is 5.11 Å². The predicted octanol–water partition coefficient (Wildman–Crippen LogP) is 2.43. The van der Waals surface area contributed by atoms with E-state index in [1.807, 2.05) is 45.0 Å². The Hall–Kier alpha value is -1.15. The first-order valence-corrected chi connectivity index (χ1v) is 4.92. The second kappa shape index (κ2) is 7.27. The Bertz CT molecular complexity index is 292. The number of aliphatic hydroxyl groups excluding tert-OH is 1. The summed E-state index contributed by atoms with van der Waals surface area (Å²) >= 11 is 0. The van der Waals surface area contributed by atoms with Crippen LogP contribution >= 0.6 is 0 Å². The molecule has 0 aromatic heterocycles. The molecule has 0 amide bonds. The van der Waals surface area contributed by atoms with Gasteiger partial charge in [-0.25, -0.2) is 0 Å². The highest BCUT2D eigenvalue weighted by Crippen LogP contribution is 2.07. The lowest BCUT2D eigenvalue weighted by Gasteiger charge is -2.05. The van der Waals surface area contributed by atoms with Crippen LogP contribution in [0.1, 0.15) is 25.0 Å². The molecule has 1 aromatic carbocycles. The smallest absolute Gasteiger partial charge is 0.0854 e. The van der Waals surface area contributed by atoms with Crippen LogP contribution in [-0.4, -0.2) is 24.5 Å². The van der Waals surface area contributed by atoms with Gasteiger partial charge in [-0.15, -0.1) is 0 Å². The average Bonchev–Trinajstić information content (AvgIpc) is 2.25. The van der Waals surface area contributed by atoms with E-state index < -0.39 is 0 Å². The number of aryl methyl sites for hydroxylation is 1. The molecule has 14 heavy (non-hydrogen) atoms. The van der Waals surface area contributed by atoms with E-state index in [4.69, 9.17) is 5.11 Å². The SMILES string of the molecule is CC.CN=C(CO)c1ccccc1C. The number of hydrogen-bond acceptors (Lipinski definition) is 2. The summed E-state index contributed by atoms with van der Waals surface area (Å²) in [6, 6.07) is 7.90. The van der Waals surface area contributed by atoms with Crippen LogP contribution < -0.4 is 0 Å². The summed E-state index contributed by atoms with van der Waals surface area (Å²) in [5, 5.41) is 8.97. The van der Waals surface area contributed by atoms with E-state index in [9.17, 15) is 0 Å². The van der Waals surface area contributed by atoms with Gasteiger partial charge in [0.25, 0.3) is 0 Å². The standard InChI is InChI=1S/C10H13NO.C2H6/c1-8-5-3-4-6-9(8)10(7-12)11-2;1-2/h3-6,12H,7H2,1-2H3;1-2H3. The first-order chi connectivity index (χ1) is 6.79. The number of aliphatic hydroxyl groups is 1. The van der Waals surface area contributed by atoms with Crippen LogP contribution in [0, 0.1) is 6.92 Å². The third-order valence-electron chi connectivity index (χ3n) is 1.88. The van der Waals surface area contributed by atoms with Crippen molar-refractivity contribution >= 4 is 5.71 Å². The molecule has 0 fully saturated rings. The number of rotatable bonds is 2. The lowest BCUT2D eigenvalue weighted by molar-refractivity contribution is 0.357. The number of aliphatic imine (C=N–C) groups is 1. The Morgan fingerprint density at radius 3 is 2.29 bits per heavy atom. The lowest BCUT2D eigenvalue weighted by atomic mass is 10.0. The first-order valence-electron chi connectivity index (χ1n) is 4.92. The molecule has 1 aromatic rings. The van der Waals surface area contributed by atoms with E-state index in [1.54, 1.807) is 7.05 Å². The average molecular weight is 193 g/mol. The predicted molar refractivity (Wildman–Crippen MR) is 62.1 cm³/mol. The molecular formula is C12H19NO. The topological polar surface area (TPSA) is 32.6 Å². The summed E-state index contributed by atoms with van der Waals surface area (Å²) in [6.07, 6.45) is 0. The molecule has 78 valence electrons. The third-order valence-corrected chi connectivity index (χ3v) is 1.88. The normalized spacial score (nSPS) is 10.5. The van der Waals surface area contributed by atoms with Crippen molar-refractivity contribution in [2.45, 2.75) is 20.8 Å². The fraction of sp³-hybridized carbons (Fsp3) is 0.417. The van der Waals surface area contributed by atoms with Crippen molar-refractivity contribution in [3.05, 3.63) is 35.4 Å². The molecule has 2 nitrogen and oxygen atoms in total. The van der Waals surface area contributed by atoms with E-state index >= 15 is 0 Å². The highest BCUT2D eigenvalue weighted by atomic mass is 16.3. The molecule has 0 aliphatic carbocycles. The summed E-state index contributed by atoms with van der Waals surface area (Å²) in [5.41, 5.74) is 2.92.